The largest absolute Gasteiger partial charge is 0.508 e. The van der Waals surface area contributed by atoms with Gasteiger partial charge in [0.15, 0.2) is 6.10 Å². The Labute approximate surface area is 255 Å². The number of rotatable bonds is 11. The summed E-state index contributed by atoms with van der Waals surface area (Å²) in [6.07, 6.45) is 1.87. The van der Waals surface area contributed by atoms with Gasteiger partial charge in [-0.25, -0.2) is 4.79 Å². The van der Waals surface area contributed by atoms with E-state index in [0.29, 0.717) is 41.2 Å². The van der Waals surface area contributed by atoms with Gasteiger partial charge in [0.25, 0.3) is 0 Å². The van der Waals surface area contributed by atoms with E-state index in [9.17, 15) is 14.7 Å². The first-order valence-electron chi connectivity index (χ1n) is 14.2. The topological polar surface area (TPSA) is 123 Å². The van der Waals surface area contributed by atoms with E-state index in [1.807, 2.05) is 72.8 Å². The predicted molar refractivity (Wildman–Crippen MR) is 174 cm³/mol. The number of para-hydroxylation sites is 3. The van der Waals surface area contributed by atoms with Crippen LogP contribution in [0.5, 0.6) is 11.5 Å². The normalized spacial score (nSPS) is 12.4. The molecule has 0 fully saturated rings. The van der Waals surface area contributed by atoms with Crippen LogP contribution in [0, 0.1) is 0 Å². The number of hydrogen-bond donors (Lipinski definition) is 4. The predicted octanol–water partition coefficient (Wildman–Crippen LogP) is 7.84. The number of nitrogens with two attached hydrogens (primary N) is 1. The molecule has 0 spiro atoms. The summed E-state index contributed by atoms with van der Waals surface area (Å²) >= 11 is 0. The Bertz CT molecular complexity index is 1730. The van der Waals surface area contributed by atoms with Gasteiger partial charge < -0.3 is 25.6 Å². The first-order valence-corrected chi connectivity index (χ1v) is 14.2. The second kappa shape index (κ2) is 14.4. The van der Waals surface area contributed by atoms with Crippen molar-refractivity contribution in [1.82, 2.24) is 0 Å². The van der Waals surface area contributed by atoms with E-state index >= 15 is 0 Å². The molecular weight excluding hydrogens is 554 g/mol. The lowest BCUT2D eigenvalue weighted by Crippen LogP contribution is -2.31. The fraction of sp³-hybridized carbons (Fsp3) is 0.111. The SMILES string of the molecule is Nc1ccccc1NC(=O)/C=C/CC[C@@H](Oc1ccccc1)[C@H](OC(=O)Nc1cccc2ccccc12)c1ccc(O)cc1. The van der Waals surface area contributed by atoms with Crippen molar-refractivity contribution in [2.45, 2.75) is 25.0 Å². The van der Waals surface area contributed by atoms with Crippen LogP contribution in [0.2, 0.25) is 0 Å². The lowest BCUT2D eigenvalue weighted by atomic mass is 10.00. The molecule has 222 valence electrons. The fourth-order valence-electron chi connectivity index (χ4n) is 4.79. The molecule has 0 aliphatic rings. The molecule has 2 amide bonds. The maximum absolute atomic E-state index is 13.4. The Kier molecular flexibility index (Phi) is 9.74. The second-order valence-electron chi connectivity index (χ2n) is 10.1. The molecule has 5 aromatic rings. The number of phenols is 1. The number of anilines is 3. The summed E-state index contributed by atoms with van der Waals surface area (Å²) in [5.74, 6) is 0.367. The summed E-state index contributed by atoms with van der Waals surface area (Å²) in [7, 11) is 0. The number of fused-ring (bicyclic) bond motifs is 1. The molecule has 0 saturated heterocycles. The lowest BCUT2D eigenvalue weighted by molar-refractivity contribution is -0.111. The molecule has 0 bridgehead atoms. The van der Waals surface area contributed by atoms with E-state index in [-0.39, 0.29) is 11.7 Å². The smallest absolute Gasteiger partial charge is 0.412 e. The summed E-state index contributed by atoms with van der Waals surface area (Å²) < 4.78 is 12.4. The van der Waals surface area contributed by atoms with Gasteiger partial charge in [-0.3, -0.25) is 10.1 Å². The summed E-state index contributed by atoms with van der Waals surface area (Å²) in [4.78, 5) is 25.9. The minimum atomic E-state index is -0.850. The number of carbonyl (C=O) groups is 2. The Balaban J connectivity index is 1.36. The van der Waals surface area contributed by atoms with E-state index in [2.05, 4.69) is 10.6 Å². The maximum Gasteiger partial charge on any atom is 0.412 e. The number of ether oxygens (including phenoxy) is 2. The van der Waals surface area contributed by atoms with E-state index in [1.54, 1.807) is 42.5 Å². The highest BCUT2D eigenvalue weighted by Crippen LogP contribution is 2.31. The molecule has 0 radical (unpaired) electrons. The minimum absolute atomic E-state index is 0.0845. The number of carbonyl (C=O) groups excluding carboxylic acids is 2. The number of nitrogens with one attached hydrogen (secondary N) is 2. The molecule has 5 rings (SSSR count). The van der Waals surface area contributed by atoms with Crippen LogP contribution >= 0.6 is 0 Å². The van der Waals surface area contributed by atoms with Crippen LogP contribution in [-0.4, -0.2) is 23.2 Å². The summed E-state index contributed by atoms with van der Waals surface area (Å²) in [6.45, 7) is 0. The van der Waals surface area contributed by atoms with E-state index in [1.165, 1.54) is 18.2 Å². The Hall–Kier alpha value is -5.76. The molecule has 0 aliphatic carbocycles. The molecule has 2 atom stereocenters. The van der Waals surface area contributed by atoms with Crippen molar-refractivity contribution in [1.29, 1.82) is 0 Å². The van der Waals surface area contributed by atoms with Gasteiger partial charge in [0.05, 0.1) is 17.1 Å². The summed E-state index contributed by atoms with van der Waals surface area (Å²) in [6, 6.07) is 36.1. The van der Waals surface area contributed by atoms with Crippen LogP contribution in [0.25, 0.3) is 10.8 Å². The molecule has 0 heterocycles. The third kappa shape index (κ3) is 7.95. The van der Waals surface area contributed by atoms with Crippen molar-refractivity contribution < 1.29 is 24.2 Å². The van der Waals surface area contributed by atoms with Crippen LogP contribution in [0.3, 0.4) is 0 Å². The number of aromatic hydroxyl groups is 1. The standard InChI is InChI=1S/C36H33N3O5/c37-30-16-6-7-17-32(30)38-34(41)20-9-8-19-33(43-28-13-2-1-3-14-28)35(26-21-23-27(40)24-22-26)44-36(42)39-31-18-10-12-25-11-4-5-15-29(25)31/h1-7,9-18,20-24,33,35,40H,8,19,37H2,(H,38,41)(H,39,42)/b20-9+/t33-,35-/m1/s1. The maximum atomic E-state index is 13.4. The van der Waals surface area contributed by atoms with Crippen LogP contribution < -0.4 is 21.1 Å². The second-order valence-corrected chi connectivity index (χ2v) is 10.1. The van der Waals surface area contributed by atoms with Crippen molar-refractivity contribution >= 4 is 39.8 Å². The number of amides is 2. The monoisotopic (exact) mass is 587 g/mol. The number of benzene rings is 5. The lowest BCUT2D eigenvalue weighted by Gasteiger charge is -2.28. The zero-order valence-corrected chi connectivity index (χ0v) is 23.9. The average Bonchev–Trinajstić information content (AvgIpc) is 3.04. The number of nitrogen functional groups attached to an aromatic ring is 1. The summed E-state index contributed by atoms with van der Waals surface area (Å²) in [5, 5.41) is 17.4. The van der Waals surface area contributed by atoms with Gasteiger partial charge in [-0.05, 0) is 72.3 Å². The highest BCUT2D eigenvalue weighted by molar-refractivity contribution is 6.01. The highest BCUT2D eigenvalue weighted by Gasteiger charge is 2.29. The third-order valence-corrected chi connectivity index (χ3v) is 6.96. The average molecular weight is 588 g/mol. The molecule has 5 aromatic carbocycles. The van der Waals surface area contributed by atoms with Gasteiger partial charge in [0.1, 0.15) is 17.6 Å². The van der Waals surface area contributed by atoms with Crippen molar-refractivity contribution in [3.8, 4) is 11.5 Å². The van der Waals surface area contributed by atoms with Crippen molar-refractivity contribution in [2.24, 2.45) is 0 Å². The van der Waals surface area contributed by atoms with Crippen molar-refractivity contribution in [3.05, 3.63) is 139 Å². The molecule has 8 nitrogen and oxygen atoms in total. The van der Waals surface area contributed by atoms with Crippen LogP contribution in [0.15, 0.2) is 133 Å². The van der Waals surface area contributed by atoms with Gasteiger partial charge in [-0.1, -0.05) is 84.9 Å². The zero-order valence-electron chi connectivity index (χ0n) is 23.9. The quantitative estimate of drug-likeness (QED) is 0.0922. The molecule has 0 saturated carbocycles. The fourth-order valence-corrected chi connectivity index (χ4v) is 4.79. The Morgan fingerprint density at radius 3 is 2.25 bits per heavy atom. The van der Waals surface area contributed by atoms with Crippen molar-refractivity contribution in [3.63, 3.8) is 0 Å². The van der Waals surface area contributed by atoms with Gasteiger partial charge in [0, 0.05) is 5.39 Å². The Morgan fingerprint density at radius 1 is 0.773 bits per heavy atom. The van der Waals surface area contributed by atoms with E-state index in [0.717, 1.165) is 10.8 Å². The molecule has 8 heteroatoms. The molecule has 5 N–H and O–H groups in total. The highest BCUT2D eigenvalue weighted by atomic mass is 16.6. The van der Waals surface area contributed by atoms with Crippen LogP contribution in [0.1, 0.15) is 24.5 Å². The minimum Gasteiger partial charge on any atom is -0.508 e. The van der Waals surface area contributed by atoms with Crippen LogP contribution in [0.4, 0.5) is 21.9 Å². The number of hydrogen-bond acceptors (Lipinski definition) is 6. The van der Waals surface area contributed by atoms with Crippen LogP contribution in [-0.2, 0) is 9.53 Å². The first kappa shape index (κ1) is 29.7. The van der Waals surface area contributed by atoms with Gasteiger partial charge in [0.2, 0.25) is 5.91 Å². The molecule has 0 unspecified atom stereocenters. The van der Waals surface area contributed by atoms with E-state index < -0.39 is 18.3 Å². The zero-order chi connectivity index (χ0) is 30.7. The molecular formula is C36H33N3O5. The van der Waals surface area contributed by atoms with Crippen molar-refractivity contribution in [2.75, 3.05) is 16.4 Å². The van der Waals surface area contributed by atoms with Gasteiger partial charge >= 0.3 is 6.09 Å². The molecule has 0 aliphatic heterocycles. The first-order chi connectivity index (χ1) is 21.5. The van der Waals surface area contributed by atoms with Gasteiger partial charge in [-0.2, -0.15) is 0 Å². The Morgan fingerprint density at radius 2 is 1.45 bits per heavy atom. The molecule has 44 heavy (non-hydrogen) atoms. The van der Waals surface area contributed by atoms with E-state index in [4.69, 9.17) is 15.2 Å². The number of allylic oxidation sites excluding steroid dienone is 1. The number of phenolic OH excluding ortho intramolecular Hbond substituents is 1. The van der Waals surface area contributed by atoms with Gasteiger partial charge in [-0.15, -0.1) is 0 Å². The summed E-state index contributed by atoms with van der Waals surface area (Å²) in [5.41, 5.74) is 8.19. The third-order valence-electron chi connectivity index (χ3n) is 6.96. The molecule has 0 aromatic heterocycles.